The van der Waals surface area contributed by atoms with E-state index in [1.165, 1.54) is 12.8 Å². The highest BCUT2D eigenvalue weighted by Gasteiger charge is 2.10. The topological polar surface area (TPSA) is 24.1 Å². The highest BCUT2D eigenvalue weighted by atomic mass is 15.0. The van der Waals surface area contributed by atoms with Gasteiger partial charge in [0.25, 0.3) is 0 Å². The van der Waals surface area contributed by atoms with E-state index in [0.29, 0.717) is 6.04 Å². The van der Waals surface area contributed by atoms with Crippen LogP contribution in [0.15, 0.2) is 0 Å². The van der Waals surface area contributed by atoms with E-state index in [-0.39, 0.29) is 5.54 Å². The van der Waals surface area contributed by atoms with E-state index in [1.54, 1.807) is 0 Å². The van der Waals surface area contributed by atoms with Crippen molar-refractivity contribution in [3.63, 3.8) is 0 Å². The molecule has 0 aromatic heterocycles. The molecule has 1 atom stereocenters. The first-order chi connectivity index (χ1) is 6.81. The van der Waals surface area contributed by atoms with Gasteiger partial charge in [0.15, 0.2) is 0 Å². The summed E-state index contributed by atoms with van der Waals surface area (Å²) in [5, 5.41) is 7.06. The lowest BCUT2D eigenvalue weighted by molar-refractivity contribution is 0.384. The van der Waals surface area contributed by atoms with Crippen molar-refractivity contribution in [1.82, 2.24) is 10.6 Å². The van der Waals surface area contributed by atoms with E-state index >= 15 is 0 Å². The number of rotatable bonds is 7. The third-order valence-corrected chi connectivity index (χ3v) is 2.39. The standard InChI is InChI=1S/C13H30N2/c1-11(2)8-7-9-14-12(3)10-15-13(4,5)6/h11-12,14-15H,7-10H2,1-6H3. The molecule has 0 radical (unpaired) electrons. The fourth-order valence-electron chi connectivity index (χ4n) is 1.39. The van der Waals surface area contributed by atoms with Crippen molar-refractivity contribution < 1.29 is 0 Å². The molecule has 0 rings (SSSR count). The first-order valence-electron chi connectivity index (χ1n) is 6.29. The second-order valence-electron chi connectivity index (χ2n) is 6.02. The van der Waals surface area contributed by atoms with E-state index in [9.17, 15) is 0 Å². The summed E-state index contributed by atoms with van der Waals surface area (Å²) >= 11 is 0. The molecule has 0 bridgehead atoms. The molecule has 0 spiro atoms. The van der Waals surface area contributed by atoms with Gasteiger partial charge in [0.1, 0.15) is 0 Å². The molecular formula is C13H30N2. The van der Waals surface area contributed by atoms with Crippen LogP contribution in [0.4, 0.5) is 0 Å². The Kier molecular flexibility index (Phi) is 7.20. The van der Waals surface area contributed by atoms with E-state index in [0.717, 1.165) is 19.0 Å². The Hall–Kier alpha value is -0.0800. The Labute approximate surface area is 96.2 Å². The van der Waals surface area contributed by atoms with Crippen LogP contribution in [-0.2, 0) is 0 Å². The van der Waals surface area contributed by atoms with Crippen LogP contribution in [0.3, 0.4) is 0 Å². The minimum Gasteiger partial charge on any atom is -0.313 e. The smallest absolute Gasteiger partial charge is 0.0164 e. The summed E-state index contributed by atoms with van der Waals surface area (Å²) in [7, 11) is 0. The maximum absolute atomic E-state index is 3.55. The maximum Gasteiger partial charge on any atom is 0.0164 e. The Morgan fingerprint density at radius 2 is 1.67 bits per heavy atom. The van der Waals surface area contributed by atoms with Gasteiger partial charge in [-0.1, -0.05) is 13.8 Å². The van der Waals surface area contributed by atoms with E-state index in [1.807, 2.05) is 0 Å². The normalized spacial score (nSPS) is 14.6. The van der Waals surface area contributed by atoms with Gasteiger partial charge >= 0.3 is 0 Å². The van der Waals surface area contributed by atoms with Crippen LogP contribution in [0.5, 0.6) is 0 Å². The van der Waals surface area contributed by atoms with Gasteiger partial charge in [-0.25, -0.2) is 0 Å². The fourth-order valence-corrected chi connectivity index (χ4v) is 1.39. The van der Waals surface area contributed by atoms with Crippen LogP contribution >= 0.6 is 0 Å². The molecular weight excluding hydrogens is 184 g/mol. The van der Waals surface area contributed by atoms with Gasteiger partial charge in [0, 0.05) is 18.1 Å². The lowest BCUT2D eigenvalue weighted by atomic mass is 10.1. The second kappa shape index (κ2) is 7.24. The molecule has 0 saturated heterocycles. The SMILES string of the molecule is CC(C)CCCNC(C)CNC(C)(C)C. The van der Waals surface area contributed by atoms with Crippen molar-refractivity contribution in [2.75, 3.05) is 13.1 Å². The van der Waals surface area contributed by atoms with Gasteiger partial charge in [-0.05, 0) is 53.0 Å². The third-order valence-electron chi connectivity index (χ3n) is 2.39. The molecule has 1 unspecified atom stereocenters. The molecule has 2 nitrogen and oxygen atoms in total. The molecule has 2 heteroatoms. The van der Waals surface area contributed by atoms with Crippen molar-refractivity contribution in [2.45, 2.75) is 66.0 Å². The Morgan fingerprint density at radius 3 is 2.13 bits per heavy atom. The van der Waals surface area contributed by atoms with Gasteiger partial charge < -0.3 is 10.6 Å². The van der Waals surface area contributed by atoms with Gasteiger partial charge in [0.2, 0.25) is 0 Å². The van der Waals surface area contributed by atoms with Crippen LogP contribution in [0.2, 0.25) is 0 Å². The van der Waals surface area contributed by atoms with Crippen LogP contribution in [-0.4, -0.2) is 24.7 Å². The second-order valence-corrected chi connectivity index (χ2v) is 6.02. The summed E-state index contributed by atoms with van der Waals surface area (Å²) < 4.78 is 0. The first-order valence-corrected chi connectivity index (χ1v) is 6.29. The van der Waals surface area contributed by atoms with Crippen molar-refractivity contribution in [2.24, 2.45) is 5.92 Å². The molecule has 15 heavy (non-hydrogen) atoms. The van der Waals surface area contributed by atoms with Crippen LogP contribution < -0.4 is 10.6 Å². The summed E-state index contributed by atoms with van der Waals surface area (Å²) in [5.41, 5.74) is 0.230. The van der Waals surface area contributed by atoms with Crippen molar-refractivity contribution >= 4 is 0 Å². The zero-order valence-corrected chi connectivity index (χ0v) is 11.5. The highest BCUT2D eigenvalue weighted by molar-refractivity contribution is 4.74. The molecule has 0 fully saturated rings. The van der Waals surface area contributed by atoms with Crippen LogP contribution in [0, 0.1) is 5.92 Å². The van der Waals surface area contributed by atoms with Gasteiger partial charge in [-0.2, -0.15) is 0 Å². The zero-order chi connectivity index (χ0) is 11.9. The lowest BCUT2D eigenvalue weighted by Gasteiger charge is -2.24. The molecule has 0 aromatic carbocycles. The number of hydrogen-bond donors (Lipinski definition) is 2. The summed E-state index contributed by atoms with van der Waals surface area (Å²) in [6, 6.07) is 0.566. The minimum absolute atomic E-state index is 0.230. The number of nitrogens with one attached hydrogen (secondary N) is 2. The fraction of sp³-hybridized carbons (Fsp3) is 1.00. The minimum atomic E-state index is 0.230. The largest absolute Gasteiger partial charge is 0.313 e. The molecule has 0 saturated carbocycles. The van der Waals surface area contributed by atoms with E-state index in [4.69, 9.17) is 0 Å². The third kappa shape index (κ3) is 11.8. The summed E-state index contributed by atoms with van der Waals surface area (Å²) in [6.07, 6.45) is 2.62. The van der Waals surface area contributed by atoms with Crippen molar-refractivity contribution in [3.05, 3.63) is 0 Å². The molecule has 0 aliphatic heterocycles. The van der Waals surface area contributed by atoms with Crippen LogP contribution in [0.25, 0.3) is 0 Å². The summed E-state index contributed by atoms with van der Waals surface area (Å²) in [6.45, 7) is 15.6. The molecule has 0 amide bonds. The summed E-state index contributed by atoms with van der Waals surface area (Å²) in [4.78, 5) is 0. The average molecular weight is 214 g/mol. The average Bonchev–Trinajstić information content (AvgIpc) is 2.07. The van der Waals surface area contributed by atoms with E-state index in [2.05, 4.69) is 52.2 Å². The highest BCUT2D eigenvalue weighted by Crippen LogP contribution is 2.02. The molecule has 0 aliphatic rings. The molecule has 92 valence electrons. The predicted octanol–water partition coefficient (Wildman–Crippen LogP) is 2.79. The van der Waals surface area contributed by atoms with Gasteiger partial charge in [0.05, 0.1) is 0 Å². The Morgan fingerprint density at radius 1 is 1.07 bits per heavy atom. The number of hydrogen-bond acceptors (Lipinski definition) is 2. The predicted molar refractivity (Wildman–Crippen MR) is 69.3 cm³/mol. The van der Waals surface area contributed by atoms with Crippen LogP contribution in [0.1, 0.15) is 54.4 Å². The zero-order valence-electron chi connectivity index (χ0n) is 11.5. The Bertz CT molecular complexity index is 147. The van der Waals surface area contributed by atoms with E-state index < -0.39 is 0 Å². The maximum atomic E-state index is 3.55. The van der Waals surface area contributed by atoms with Gasteiger partial charge in [-0.15, -0.1) is 0 Å². The van der Waals surface area contributed by atoms with Crippen molar-refractivity contribution in [1.29, 1.82) is 0 Å². The molecule has 0 aromatic rings. The lowest BCUT2D eigenvalue weighted by Crippen LogP contribution is -2.44. The molecule has 0 heterocycles. The molecule has 0 aliphatic carbocycles. The Balaban J connectivity index is 3.38. The quantitative estimate of drug-likeness (QED) is 0.637. The molecule has 2 N–H and O–H groups in total. The van der Waals surface area contributed by atoms with Crippen molar-refractivity contribution in [3.8, 4) is 0 Å². The monoisotopic (exact) mass is 214 g/mol. The van der Waals surface area contributed by atoms with Gasteiger partial charge in [-0.3, -0.25) is 0 Å². The summed E-state index contributed by atoms with van der Waals surface area (Å²) in [5.74, 6) is 0.829. The first kappa shape index (κ1) is 14.9.